The Hall–Kier alpha value is -0.620. The molecule has 1 aromatic rings. The summed E-state index contributed by atoms with van der Waals surface area (Å²) in [5.74, 6) is 0.891. The smallest absolute Gasteiger partial charge is 0.133 e. The Morgan fingerprint density at radius 2 is 2.29 bits per heavy atom. The molecule has 0 bridgehead atoms. The third-order valence-corrected chi connectivity index (χ3v) is 4.55. The van der Waals surface area contributed by atoms with E-state index < -0.39 is 0 Å². The van der Waals surface area contributed by atoms with Crippen LogP contribution in [0.1, 0.15) is 18.4 Å². The molecule has 4 nitrogen and oxygen atoms in total. The summed E-state index contributed by atoms with van der Waals surface area (Å²) in [6.07, 6.45) is 2.79. The van der Waals surface area contributed by atoms with Crippen LogP contribution >= 0.6 is 15.9 Å². The van der Waals surface area contributed by atoms with Crippen molar-refractivity contribution in [2.45, 2.75) is 31.5 Å². The zero-order valence-electron chi connectivity index (χ0n) is 12.5. The van der Waals surface area contributed by atoms with Gasteiger partial charge in [0, 0.05) is 25.7 Å². The molecule has 1 aliphatic heterocycles. The molecule has 0 aromatic heterocycles. The number of morpholine rings is 1. The van der Waals surface area contributed by atoms with E-state index in [1.165, 1.54) is 18.4 Å². The summed E-state index contributed by atoms with van der Waals surface area (Å²) in [7, 11) is 2.12. The predicted molar refractivity (Wildman–Crippen MR) is 86.7 cm³/mol. The highest BCUT2D eigenvalue weighted by molar-refractivity contribution is 9.10. The van der Waals surface area contributed by atoms with E-state index in [0.29, 0.717) is 6.61 Å². The van der Waals surface area contributed by atoms with Gasteiger partial charge in [0.05, 0.1) is 11.1 Å². The molecule has 21 heavy (non-hydrogen) atoms. The van der Waals surface area contributed by atoms with Gasteiger partial charge >= 0.3 is 0 Å². The first kappa shape index (κ1) is 15.3. The van der Waals surface area contributed by atoms with Gasteiger partial charge in [-0.1, -0.05) is 6.07 Å². The lowest BCUT2D eigenvalue weighted by Gasteiger charge is -2.29. The first-order chi connectivity index (χ1) is 10.2. The van der Waals surface area contributed by atoms with E-state index in [-0.39, 0.29) is 6.10 Å². The highest BCUT2D eigenvalue weighted by Crippen LogP contribution is 2.27. The molecule has 1 aliphatic carbocycles. The molecule has 2 aliphatic rings. The van der Waals surface area contributed by atoms with Gasteiger partial charge in [-0.15, -0.1) is 0 Å². The number of nitrogens with zero attached hydrogens (tertiary/aromatic N) is 1. The van der Waals surface area contributed by atoms with Crippen LogP contribution in [-0.2, 0) is 11.3 Å². The van der Waals surface area contributed by atoms with Crippen molar-refractivity contribution >= 4 is 15.9 Å². The molecule has 2 fully saturated rings. The van der Waals surface area contributed by atoms with Crippen molar-refractivity contribution in [3.8, 4) is 5.75 Å². The van der Waals surface area contributed by atoms with Crippen LogP contribution in [0.4, 0.5) is 0 Å². The zero-order chi connectivity index (χ0) is 14.7. The van der Waals surface area contributed by atoms with Crippen molar-refractivity contribution < 1.29 is 9.47 Å². The van der Waals surface area contributed by atoms with Crippen LogP contribution < -0.4 is 10.1 Å². The maximum Gasteiger partial charge on any atom is 0.133 e. The van der Waals surface area contributed by atoms with Crippen LogP contribution in [0.2, 0.25) is 0 Å². The fourth-order valence-corrected chi connectivity index (χ4v) is 3.01. The van der Waals surface area contributed by atoms with Crippen LogP contribution in [-0.4, -0.2) is 50.4 Å². The van der Waals surface area contributed by atoms with Crippen molar-refractivity contribution in [2.24, 2.45) is 0 Å². The topological polar surface area (TPSA) is 33.7 Å². The van der Waals surface area contributed by atoms with Crippen LogP contribution in [0.15, 0.2) is 22.7 Å². The zero-order valence-corrected chi connectivity index (χ0v) is 14.1. The van der Waals surface area contributed by atoms with Gasteiger partial charge in [-0.05, 0) is 53.5 Å². The average molecular weight is 355 g/mol. The van der Waals surface area contributed by atoms with Crippen molar-refractivity contribution in [1.82, 2.24) is 10.2 Å². The Morgan fingerprint density at radius 3 is 3.00 bits per heavy atom. The first-order valence-corrected chi connectivity index (χ1v) is 8.45. The summed E-state index contributed by atoms with van der Waals surface area (Å²) in [4.78, 5) is 2.28. The number of nitrogens with one attached hydrogen (secondary N) is 1. The van der Waals surface area contributed by atoms with Gasteiger partial charge in [0.25, 0.3) is 0 Å². The van der Waals surface area contributed by atoms with Gasteiger partial charge in [-0.2, -0.15) is 0 Å². The normalized spacial score (nSPS) is 23.2. The molecule has 0 amide bonds. The third kappa shape index (κ3) is 4.68. The van der Waals surface area contributed by atoms with Crippen LogP contribution in [0.25, 0.3) is 0 Å². The molecule has 0 radical (unpaired) electrons. The summed E-state index contributed by atoms with van der Waals surface area (Å²) in [6, 6.07) is 7.04. The lowest BCUT2D eigenvalue weighted by molar-refractivity contribution is -0.0404. The second-order valence-corrected chi connectivity index (χ2v) is 6.84. The molecule has 1 unspecified atom stereocenters. The number of ether oxygens (including phenoxy) is 2. The van der Waals surface area contributed by atoms with Gasteiger partial charge < -0.3 is 19.7 Å². The van der Waals surface area contributed by atoms with E-state index >= 15 is 0 Å². The summed E-state index contributed by atoms with van der Waals surface area (Å²) < 4.78 is 12.6. The number of rotatable bonds is 6. The number of hydrogen-bond acceptors (Lipinski definition) is 4. The number of likely N-dealkylation sites (N-methyl/N-ethyl adjacent to an activating group) is 1. The lowest BCUT2D eigenvalue weighted by atomic mass is 10.2. The Morgan fingerprint density at radius 1 is 1.43 bits per heavy atom. The predicted octanol–water partition coefficient (Wildman–Crippen LogP) is 2.41. The highest BCUT2D eigenvalue weighted by Gasteiger charge is 2.20. The van der Waals surface area contributed by atoms with Gasteiger partial charge in [0.1, 0.15) is 18.5 Å². The van der Waals surface area contributed by atoms with E-state index in [0.717, 1.165) is 42.5 Å². The second kappa shape index (κ2) is 7.09. The van der Waals surface area contributed by atoms with Crippen molar-refractivity contribution in [3.63, 3.8) is 0 Å². The van der Waals surface area contributed by atoms with Crippen LogP contribution in [0, 0.1) is 0 Å². The number of benzene rings is 1. The molecular weight excluding hydrogens is 332 g/mol. The quantitative estimate of drug-likeness (QED) is 0.850. The fourth-order valence-electron chi connectivity index (χ4n) is 2.47. The van der Waals surface area contributed by atoms with Crippen LogP contribution in [0.5, 0.6) is 5.75 Å². The van der Waals surface area contributed by atoms with Gasteiger partial charge in [0.15, 0.2) is 0 Å². The standard InChI is InChI=1S/C16H23BrN2O2/c1-19-6-7-20-14(10-19)11-21-16-5-2-12(8-15(16)17)9-18-13-3-4-13/h2,5,8,13-14,18H,3-4,6-7,9-11H2,1H3. The second-order valence-electron chi connectivity index (χ2n) is 5.99. The minimum absolute atomic E-state index is 0.159. The first-order valence-electron chi connectivity index (χ1n) is 7.65. The van der Waals surface area contributed by atoms with Gasteiger partial charge in [-0.25, -0.2) is 0 Å². The summed E-state index contributed by atoms with van der Waals surface area (Å²) in [6.45, 7) is 4.25. The minimum Gasteiger partial charge on any atom is -0.490 e. The van der Waals surface area contributed by atoms with Crippen molar-refractivity contribution in [2.75, 3.05) is 33.4 Å². The van der Waals surface area contributed by atoms with Crippen molar-refractivity contribution in [3.05, 3.63) is 28.2 Å². The maximum atomic E-state index is 5.90. The molecule has 1 aromatic carbocycles. The Kier molecular flexibility index (Phi) is 5.16. The minimum atomic E-state index is 0.159. The molecule has 1 saturated heterocycles. The SMILES string of the molecule is CN1CCOC(COc2ccc(CNC3CC3)cc2Br)C1. The molecule has 1 saturated carbocycles. The molecular formula is C16H23BrN2O2. The Labute approximate surface area is 134 Å². The van der Waals surface area contributed by atoms with E-state index in [9.17, 15) is 0 Å². The molecule has 116 valence electrons. The van der Waals surface area contributed by atoms with E-state index in [2.05, 4.69) is 45.3 Å². The average Bonchev–Trinajstić information content (AvgIpc) is 3.28. The molecule has 1 N–H and O–H groups in total. The maximum absolute atomic E-state index is 5.90. The van der Waals surface area contributed by atoms with E-state index in [1.807, 2.05) is 6.07 Å². The highest BCUT2D eigenvalue weighted by atomic mass is 79.9. The molecule has 0 spiro atoms. The third-order valence-electron chi connectivity index (χ3n) is 3.94. The summed E-state index contributed by atoms with van der Waals surface area (Å²) in [5.41, 5.74) is 1.29. The number of halogens is 1. The van der Waals surface area contributed by atoms with E-state index in [1.54, 1.807) is 0 Å². The Balaban J connectivity index is 1.50. The summed E-state index contributed by atoms with van der Waals surface area (Å²) in [5, 5.41) is 3.52. The molecule has 5 heteroatoms. The Bertz CT molecular complexity index is 479. The summed E-state index contributed by atoms with van der Waals surface area (Å²) >= 11 is 3.60. The molecule has 1 atom stereocenters. The molecule has 1 heterocycles. The number of hydrogen-bond donors (Lipinski definition) is 1. The van der Waals surface area contributed by atoms with Crippen molar-refractivity contribution in [1.29, 1.82) is 0 Å². The van der Waals surface area contributed by atoms with Gasteiger partial charge in [0.2, 0.25) is 0 Å². The van der Waals surface area contributed by atoms with E-state index in [4.69, 9.17) is 9.47 Å². The van der Waals surface area contributed by atoms with Crippen LogP contribution in [0.3, 0.4) is 0 Å². The monoisotopic (exact) mass is 354 g/mol. The largest absolute Gasteiger partial charge is 0.490 e. The fraction of sp³-hybridized carbons (Fsp3) is 0.625. The lowest BCUT2D eigenvalue weighted by Crippen LogP contribution is -2.42. The van der Waals surface area contributed by atoms with Gasteiger partial charge in [-0.3, -0.25) is 0 Å². The molecule has 3 rings (SSSR count).